The van der Waals surface area contributed by atoms with Gasteiger partial charge in [0.15, 0.2) is 0 Å². The topological polar surface area (TPSA) is 78.5 Å². The highest BCUT2D eigenvalue weighted by Gasteiger charge is 2.29. The first-order chi connectivity index (χ1) is 8.79. The van der Waals surface area contributed by atoms with Gasteiger partial charge in [-0.2, -0.15) is 0 Å². The standard InChI is InChI=1S/C12H19N3O3S/c1-12(2,3)4-5-13-10(17)14-6-7-15-9(16)8-19-11(15)18/h4-5H,6-8H2,1-3H3,(H2,13,14,17)/b5-4+. The van der Waals surface area contributed by atoms with Crippen molar-refractivity contribution >= 4 is 28.9 Å². The average Bonchev–Trinajstić information content (AvgIpc) is 2.58. The lowest BCUT2D eigenvalue weighted by Crippen LogP contribution is -2.40. The zero-order chi connectivity index (χ0) is 14.5. The molecular weight excluding hydrogens is 266 g/mol. The second kappa shape index (κ2) is 6.60. The van der Waals surface area contributed by atoms with Gasteiger partial charge in [0.05, 0.1) is 5.75 Å². The number of rotatable bonds is 4. The molecule has 2 N–H and O–H groups in total. The van der Waals surface area contributed by atoms with Crippen LogP contribution in [0.3, 0.4) is 0 Å². The minimum absolute atomic E-state index is 0.00110. The molecule has 0 aromatic rings. The Morgan fingerprint density at radius 1 is 1.42 bits per heavy atom. The lowest BCUT2D eigenvalue weighted by Gasteiger charge is -2.13. The molecule has 1 aliphatic heterocycles. The van der Waals surface area contributed by atoms with Gasteiger partial charge in [-0.25, -0.2) is 4.79 Å². The molecule has 1 heterocycles. The molecule has 1 saturated heterocycles. The number of amides is 4. The third-order valence-corrected chi connectivity index (χ3v) is 3.12. The molecule has 19 heavy (non-hydrogen) atoms. The summed E-state index contributed by atoms with van der Waals surface area (Å²) in [6.07, 6.45) is 3.45. The molecule has 1 aliphatic rings. The van der Waals surface area contributed by atoms with Gasteiger partial charge in [0.25, 0.3) is 5.24 Å². The number of nitrogens with zero attached hydrogens (tertiary/aromatic N) is 1. The number of hydrogen-bond donors (Lipinski definition) is 2. The van der Waals surface area contributed by atoms with Crippen LogP contribution in [0.1, 0.15) is 20.8 Å². The lowest BCUT2D eigenvalue weighted by atomic mass is 9.97. The van der Waals surface area contributed by atoms with Crippen molar-refractivity contribution in [3.05, 3.63) is 12.3 Å². The minimum atomic E-state index is -0.354. The van der Waals surface area contributed by atoms with Gasteiger partial charge in [0.1, 0.15) is 0 Å². The maximum atomic E-state index is 11.4. The molecule has 1 fully saturated rings. The summed E-state index contributed by atoms with van der Waals surface area (Å²) in [7, 11) is 0. The van der Waals surface area contributed by atoms with Crippen LogP contribution in [0.5, 0.6) is 0 Å². The maximum absolute atomic E-state index is 11.4. The number of carbonyl (C=O) groups is 3. The third-order valence-electron chi connectivity index (χ3n) is 2.26. The zero-order valence-electron chi connectivity index (χ0n) is 11.4. The number of thioether (sulfide) groups is 1. The number of imide groups is 1. The third kappa shape index (κ3) is 5.78. The highest BCUT2D eigenvalue weighted by Crippen LogP contribution is 2.17. The first-order valence-corrected chi connectivity index (χ1v) is 6.97. The number of carbonyl (C=O) groups excluding carboxylic acids is 3. The number of urea groups is 1. The summed E-state index contributed by atoms with van der Waals surface area (Å²) in [6.45, 7) is 6.51. The van der Waals surface area contributed by atoms with Gasteiger partial charge in [-0.05, 0) is 5.41 Å². The molecule has 0 aliphatic carbocycles. The summed E-state index contributed by atoms with van der Waals surface area (Å²) >= 11 is 0.987. The fourth-order valence-corrected chi connectivity index (χ4v) is 2.05. The van der Waals surface area contributed by atoms with Crippen LogP contribution < -0.4 is 10.6 Å². The monoisotopic (exact) mass is 285 g/mol. The van der Waals surface area contributed by atoms with Gasteiger partial charge in [0, 0.05) is 19.3 Å². The average molecular weight is 285 g/mol. The van der Waals surface area contributed by atoms with E-state index >= 15 is 0 Å². The zero-order valence-corrected chi connectivity index (χ0v) is 12.2. The molecule has 1 rings (SSSR count). The molecular formula is C12H19N3O3S. The van der Waals surface area contributed by atoms with Crippen molar-refractivity contribution in [3.8, 4) is 0 Å². The van der Waals surface area contributed by atoms with Crippen LogP contribution in [0.15, 0.2) is 12.3 Å². The van der Waals surface area contributed by atoms with Gasteiger partial charge in [0.2, 0.25) is 5.91 Å². The van der Waals surface area contributed by atoms with Gasteiger partial charge in [-0.1, -0.05) is 38.6 Å². The Hall–Kier alpha value is -1.50. The van der Waals surface area contributed by atoms with Crippen LogP contribution in [-0.2, 0) is 4.79 Å². The second-order valence-electron chi connectivity index (χ2n) is 5.20. The fraction of sp³-hybridized carbons (Fsp3) is 0.583. The van der Waals surface area contributed by atoms with E-state index in [9.17, 15) is 14.4 Å². The first-order valence-electron chi connectivity index (χ1n) is 5.99. The van der Waals surface area contributed by atoms with Crippen LogP contribution >= 0.6 is 11.8 Å². The van der Waals surface area contributed by atoms with Crippen molar-refractivity contribution in [1.82, 2.24) is 15.5 Å². The molecule has 0 atom stereocenters. The number of allylic oxidation sites excluding steroid dienone is 1. The lowest BCUT2D eigenvalue weighted by molar-refractivity contribution is -0.124. The Morgan fingerprint density at radius 3 is 2.63 bits per heavy atom. The van der Waals surface area contributed by atoms with Crippen molar-refractivity contribution in [2.24, 2.45) is 5.41 Å². The minimum Gasteiger partial charge on any atom is -0.336 e. The van der Waals surface area contributed by atoms with Gasteiger partial charge < -0.3 is 10.6 Å². The second-order valence-corrected chi connectivity index (χ2v) is 6.13. The molecule has 0 bridgehead atoms. The summed E-state index contributed by atoms with van der Waals surface area (Å²) in [5.74, 6) is -0.0101. The van der Waals surface area contributed by atoms with E-state index in [0.717, 1.165) is 16.7 Å². The van der Waals surface area contributed by atoms with E-state index in [1.807, 2.05) is 26.8 Å². The Labute approximate surface area is 117 Å². The van der Waals surface area contributed by atoms with E-state index in [2.05, 4.69) is 10.6 Å². The Balaban J connectivity index is 2.22. The smallest absolute Gasteiger partial charge is 0.318 e. The van der Waals surface area contributed by atoms with Crippen molar-refractivity contribution in [2.45, 2.75) is 20.8 Å². The number of nitrogens with one attached hydrogen (secondary N) is 2. The summed E-state index contributed by atoms with van der Waals surface area (Å²) in [4.78, 5) is 35.1. The first kappa shape index (κ1) is 15.6. The Kier molecular flexibility index (Phi) is 5.41. The van der Waals surface area contributed by atoms with Gasteiger partial charge in [-0.3, -0.25) is 14.5 Å². The van der Waals surface area contributed by atoms with E-state index < -0.39 is 0 Å². The predicted octanol–water partition coefficient (Wildman–Crippen LogP) is 1.54. The van der Waals surface area contributed by atoms with E-state index in [0.29, 0.717) is 0 Å². The molecule has 0 spiro atoms. The summed E-state index contributed by atoms with van der Waals surface area (Å²) in [5.41, 5.74) is -0.00110. The molecule has 4 amide bonds. The van der Waals surface area contributed by atoms with E-state index in [1.54, 1.807) is 6.20 Å². The summed E-state index contributed by atoms with van der Waals surface area (Å²) in [5, 5.41) is 4.89. The quantitative estimate of drug-likeness (QED) is 0.821. The molecule has 0 aromatic carbocycles. The maximum Gasteiger partial charge on any atom is 0.318 e. The van der Waals surface area contributed by atoms with Crippen LogP contribution in [0.2, 0.25) is 0 Å². The highest BCUT2D eigenvalue weighted by molar-refractivity contribution is 8.14. The van der Waals surface area contributed by atoms with Crippen LogP contribution in [0.25, 0.3) is 0 Å². The molecule has 0 saturated carbocycles. The Bertz CT molecular complexity index is 386. The molecule has 0 radical (unpaired) electrons. The molecule has 6 nitrogen and oxygen atoms in total. The Morgan fingerprint density at radius 2 is 2.11 bits per heavy atom. The summed E-state index contributed by atoms with van der Waals surface area (Å²) in [6, 6.07) is -0.354. The SMILES string of the molecule is CC(C)(C)/C=C/NC(=O)NCCN1C(=O)CSC1=O. The van der Waals surface area contributed by atoms with Crippen molar-refractivity contribution < 1.29 is 14.4 Å². The number of hydrogen-bond acceptors (Lipinski definition) is 4. The van der Waals surface area contributed by atoms with Crippen molar-refractivity contribution in [3.63, 3.8) is 0 Å². The van der Waals surface area contributed by atoms with Crippen molar-refractivity contribution in [1.29, 1.82) is 0 Å². The van der Waals surface area contributed by atoms with Crippen molar-refractivity contribution in [2.75, 3.05) is 18.8 Å². The molecule has 106 valence electrons. The largest absolute Gasteiger partial charge is 0.336 e. The van der Waals surface area contributed by atoms with Gasteiger partial charge >= 0.3 is 6.03 Å². The molecule has 7 heteroatoms. The van der Waals surface area contributed by atoms with E-state index in [-0.39, 0.29) is 41.4 Å². The van der Waals surface area contributed by atoms with Gasteiger partial charge in [-0.15, -0.1) is 0 Å². The fourth-order valence-electron chi connectivity index (χ4n) is 1.30. The highest BCUT2D eigenvalue weighted by atomic mass is 32.2. The van der Waals surface area contributed by atoms with Crippen LogP contribution in [0.4, 0.5) is 9.59 Å². The van der Waals surface area contributed by atoms with Crippen LogP contribution in [-0.4, -0.2) is 40.9 Å². The summed E-state index contributed by atoms with van der Waals surface area (Å²) < 4.78 is 0. The molecule has 0 unspecified atom stereocenters. The normalized spacial score (nSPS) is 16.3. The van der Waals surface area contributed by atoms with Crippen LogP contribution in [0, 0.1) is 5.41 Å². The predicted molar refractivity (Wildman–Crippen MR) is 74.7 cm³/mol. The molecule has 0 aromatic heterocycles. The van der Waals surface area contributed by atoms with E-state index in [4.69, 9.17) is 0 Å². The van der Waals surface area contributed by atoms with E-state index in [1.165, 1.54) is 0 Å².